The molecule has 1 aromatic rings. The number of carbonyl (C=O) groups is 1. The van der Waals surface area contributed by atoms with Crippen LogP contribution in [0, 0.1) is 0 Å². The molecule has 0 spiro atoms. The zero-order valence-electron chi connectivity index (χ0n) is 12.4. The Bertz CT molecular complexity index is 529. The van der Waals surface area contributed by atoms with Gasteiger partial charge < -0.3 is 35.0 Å². The molecule has 6 unspecified atom stereocenters. The van der Waals surface area contributed by atoms with Crippen molar-refractivity contribution in [3.05, 3.63) is 29.8 Å². The van der Waals surface area contributed by atoms with Crippen molar-refractivity contribution in [2.24, 2.45) is 0 Å². The number of ether oxygens (including phenoxy) is 2. The third kappa shape index (κ3) is 3.80. The zero-order chi connectivity index (χ0) is 17.1. The second-order valence-corrected chi connectivity index (χ2v) is 5.45. The molecule has 6 atom stereocenters. The van der Waals surface area contributed by atoms with E-state index in [1.165, 1.54) is 12.1 Å². The van der Waals surface area contributed by atoms with Crippen LogP contribution in [-0.4, -0.2) is 68.8 Å². The topological polar surface area (TPSA) is 137 Å². The van der Waals surface area contributed by atoms with Crippen molar-refractivity contribution in [3.8, 4) is 5.75 Å². The lowest BCUT2D eigenvalue weighted by atomic mass is 9.99. The van der Waals surface area contributed by atoms with Crippen molar-refractivity contribution >= 4 is 5.97 Å². The van der Waals surface area contributed by atoms with Crippen molar-refractivity contribution < 1.29 is 39.8 Å². The van der Waals surface area contributed by atoms with Gasteiger partial charge in [-0.15, -0.1) is 0 Å². The summed E-state index contributed by atoms with van der Waals surface area (Å²) >= 11 is 0. The van der Waals surface area contributed by atoms with E-state index in [4.69, 9.17) is 14.6 Å². The van der Waals surface area contributed by atoms with Crippen molar-refractivity contribution in [2.75, 3.05) is 6.61 Å². The molecule has 1 saturated heterocycles. The van der Waals surface area contributed by atoms with E-state index < -0.39 is 49.2 Å². The molecule has 23 heavy (non-hydrogen) atoms. The highest BCUT2D eigenvalue weighted by atomic mass is 16.7. The fourth-order valence-electron chi connectivity index (χ4n) is 2.28. The van der Waals surface area contributed by atoms with Crippen LogP contribution in [-0.2, 0) is 14.3 Å². The Morgan fingerprint density at radius 1 is 1.17 bits per heavy atom. The van der Waals surface area contributed by atoms with Crippen LogP contribution in [0.4, 0.5) is 0 Å². The first kappa shape index (κ1) is 17.6. The molecule has 1 aliphatic rings. The number of aromatic hydroxyl groups is 1. The summed E-state index contributed by atoms with van der Waals surface area (Å²) in [6.45, 7) is 0.964. The van der Waals surface area contributed by atoms with E-state index in [1.54, 1.807) is 19.1 Å². The number of hydrogen-bond donors (Lipinski definition) is 5. The number of esters is 1. The zero-order valence-corrected chi connectivity index (χ0v) is 12.4. The molecular weight excluding hydrogens is 308 g/mol. The van der Waals surface area contributed by atoms with Crippen LogP contribution < -0.4 is 0 Å². The molecule has 0 aliphatic carbocycles. The van der Waals surface area contributed by atoms with E-state index in [-0.39, 0.29) is 5.75 Å². The number of benzene rings is 1. The van der Waals surface area contributed by atoms with Gasteiger partial charge in [-0.2, -0.15) is 0 Å². The largest absolute Gasteiger partial charge is 0.508 e. The Kier molecular flexibility index (Phi) is 5.55. The molecular formula is C15H20O8. The van der Waals surface area contributed by atoms with Crippen LogP contribution in [0.1, 0.15) is 18.4 Å². The average molecular weight is 328 g/mol. The smallest absolute Gasteiger partial charge is 0.315 e. The normalized spacial score (nSPS) is 32.3. The fraction of sp³-hybridized carbons (Fsp3) is 0.533. The third-order valence-electron chi connectivity index (χ3n) is 3.83. The molecule has 0 radical (unpaired) electrons. The summed E-state index contributed by atoms with van der Waals surface area (Å²) in [5, 5.41) is 47.5. The minimum atomic E-state index is -1.64. The monoisotopic (exact) mass is 328 g/mol. The van der Waals surface area contributed by atoms with E-state index >= 15 is 0 Å². The van der Waals surface area contributed by atoms with E-state index in [9.17, 15) is 25.2 Å². The highest BCUT2D eigenvalue weighted by Gasteiger charge is 2.45. The SMILES string of the molecule is CC(C(=O)OC1OC(CO)C(O)C(O)C1O)c1ccc(O)cc1. The van der Waals surface area contributed by atoms with Gasteiger partial charge in [0, 0.05) is 0 Å². The minimum absolute atomic E-state index is 0.0586. The van der Waals surface area contributed by atoms with Gasteiger partial charge in [0.2, 0.25) is 6.29 Å². The van der Waals surface area contributed by atoms with E-state index in [2.05, 4.69) is 0 Å². The maximum Gasteiger partial charge on any atom is 0.315 e. The van der Waals surface area contributed by atoms with Crippen molar-refractivity contribution in [3.63, 3.8) is 0 Å². The molecule has 0 aromatic heterocycles. The molecule has 128 valence electrons. The standard InChI is InChI=1S/C15H20O8/c1-7(8-2-4-9(17)5-3-8)14(21)23-15-13(20)12(19)11(18)10(6-16)22-15/h2-5,7,10-13,15-20H,6H2,1H3. The van der Waals surface area contributed by atoms with Gasteiger partial charge in [-0.05, 0) is 24.6 Å². The molecule has 1 aromatic carbocycles. The number of phenols is 1. The van der Waals surface area contributed by atoms with Crippen molar-refractivity contribution in [2.45, 2.75) is 43.5 Å². The molecule has 0 amide bonds. The van der Waals surface area contributed by atoms with Crippen molar-refractivity contribution in [1.29, 1.82) is 0 Å². The molecule has 0 saturated carbocycles. The summed E-state index contributed by atoms with van der Waals surface area (Å²) in [7, 11) is 0. The van der Waals surface area contributed by atoms with Crippen LogP contribution in [0.5, 0.6) is 5.75 Å². The van der Waals surface area contributed by atoms with Crippen LogP contribution in [0.2, 0.25) is 0 Å². The Labute approximate surface area is 132 Å². The number of hydrogen-bond acceptors (Lipinski definition) is 8. The molecule has 1 fully saturated rings. The number of carbonyl (C=O) groups excluding carboxylic acids is 1. The summed E-state index contributed by atoms with van der Waals surface area (Å²) in [5.74, 6) is -1.37. The van der Waals surface area contributed by atoms with E-state index in [1.807, 2.05) is 0 Å². The summed E-state index contributed by atoms with van der Waals surface area (Å²) < 4.78 is 10.2. The first-order chi connectivity index (χ1) is 10.8. The summed E-state index contributed by atoms with van der Waals surface area (Å²) in [6, 6.07) is 5.95. The summed E-state index contributed by atoms with van der Waals surface area (Å²) in [4.78, 5) is 12.1. The lowest BCUT2D eigenvalue weighted by Gasteiger charge is -2.39. The number of aliphatic hydroxyl groups is 4. The minimum Gasteiger partial charge on any atom is -0.508 e. The Balaban J connectivity index is 2.05. The summed E-state index contributed by atoms with van der Waals surface area (Å²) in [5.41, 5.74) is 0.581. The molecule has 8 heteroatoms. The van der Waals surface area contributed by atoms with Gasteiger partial charge in [-0.1, -0.05) is 12.1 Å². The predicted octanol–water partition coefficient (Wildman–Crippen LogP) is -1.16. The van der Waals surface area contributed by atoms with Gasteiger partial charge >= 0.3 is 5.97 Å². The van der Waals surface area contributed by atoms with Gasteiger partial charge in [0.1, 0.15) is 30.2 Å². The Hall–Kier alpha value is -1.71. The van der Waals surface area contributed by atoms with Gasteiger partial charge in [0.05, 0.1) is 12.5 Å². The number of aliphatic hydroxyl groups excluding tert-OH is 4. The van der Waals surface area contributed by atoms with Gasteiger partial charge in [0.15, 0.2) is 0 Å². The van der Waals surface area contributed by atoms with Crippen LogP contribution in [0.3, 0.4) is 0 Å². The molecule has 2 rings (SSSR count). The molecule has 5 N–H and O–H groups in total. The second-order valence-electron chi connectivity index (χ2n) is 5.45. The first-order valence-electron chi connectivity index (χ1n) is 7.15. The van der Waals surface area contributed by atoms with Crippen LogP contribution in [0.25, 0.3) is 0 Å². The Morgan fingerprint density at radius 3 is 2.35 bits per heavy atom. The van der Waals surface area contributed by atoms with E-state index in [0.29, 0.717) is 5.56 Å². The van der Waals surface area contributed by atoms with Crippen LogP contribution in [0.15, 0.2) is 24.3 Å². The maximum atomic E-state index is 12.1. The predicted molar refractivity (Wildman–Crippen MR) is 76.4 cm³/mol. The first-order valence-corrected chi connectivity index (χ1v) is 7.15. The number of rotatable bonds is 4. The highest BCUT2D eigenvalue weighted by molar-refractivity contribution is 5.77. The van der Waals surface area contributed by atoms with Gasteiger partial charge in [-0.3, -0.25) is 4.79 Å². The quantitative estimate of drug-likeness (QED) is 0.437. The second kappa shape index (κ2) is 7.24. The molecule has 0 bridgehead atoms. The number of phenolic OH excluding ortho intramolecular Hbond substituents is 1. The van der Waals surface area contributed by atoms with Crippen LogP contribution >= 0.6 is 0 Å². The van der Waals surface area contributed by atoms with Gasteiger partial charge in [0.25, 0.3) is 0 Å². The lowest BCUT2D eigenvalue weighted by Crippen LogP contribution is -2.59. The maximum absolute atomic E-state index is 12.1. The van der Waals surface area contributed by atoms with Gasteiger partial charge in [-0.25, -0.2) is 0 Å². The molecule has 1 heterocycles. The third-order valence-corrected chi connectivity index (χ3v) is 3.83. The fourth-order valence-corrected chi connectivity index (χ4v) is 2.28. The Morgan fingerprint density at radius 2 is 1.78 bits per heavy atom. The van der Waals surface area contributed by atoms with Crippen molar-refractivity contribution in [1.82, 2.24) is 0 Å². The average Bonchev–Trinajstić information content (AvgIpc) is 2.55. The van der Waals surface area contributed by atoms with E-state index in [0.717, 1.165) is 0 Å². The molecule has 1 aliphatic heterocycles. The lowest BCUT2D eigenvalue weighted by molar-refractivity contribution is -0.293. The highest BCUT2D eigenvalue weighted by Crippen LogP contribution is 2.25. The molecule has 8 nitrogen and oxygen atoms in total. The summed E-state index contributed by atoms with van der Waals surface area (Å²) in [6.07, 6.45) is -7.40.